The average Bonchev–Trinajstić information content (AvgIpc) is 3.78. The molecular formula is C46H46Cl2F2N6O4. The number of nitrogens with zero attached hydrogens (tertiary/aromatic N) is 6. The monoisotopic (exact) mass is 854 g/mol. The number of aryl methyl sites for hydroxylation is 2. The molecule has 0 N–H and O–H groups in total. The Morgan fingerprint density at radius 1 is 0.717 bits per heavy atom. The summed E-state index contributed by atoms with van der Waals surface area (Å²) < 4.78 is 43.2. The number of imidazole rings is 2. The molecule has 2 aromatic heterocycles. The molecule has 0 unspecified atom stereocenters. The zero-order valence-electron chi connectivity index (χ0n) is 34.0. The highest BCUT2D eigenvalue weighted by molar-refractivity contribution is 6.30. The number of halogens is 4. The van der Waals surface area contributed by atoms with E-state index >= 15 is 0 Å². The second kappa shape index (κ2) is 18.3. The van der Waals surface area contributed by atoms with Crippen molar-refractivity contribution in [1.82, 2.24) is 28.9 Å². The Bertz CT molecular complexity index is 2630. The standard InChI is InChI=1S/C23H25ClFN3O2.C23H21ClFN3O2/c1-23(2,3)30-22(29)27-11-12-28-19-6-4-5-16(21(19)26-20(28)14-27)8-7-15-9-10-17(24)13-18(15)25;1-2-3-13-30-23(29)27-11-12-28-20-6-4-5-17(22(20)26-21(28)15-27)8-7-16-9-10-18(24)14-19(16)25/h4-6,9-10,13H,7-8,11-12,14H2,1-3H3;4-6,9-10,14H,2-3,11-13,15H2,1H3. The summed E-state index contributed by atoms with van der Waals surface area (Å²) in [5, 5.41) is 0.731. The lowest BCUT2D eigenvalue weighted by molar-refractivity contribution is 0.0196. The van der Waals surface area contributed by atoms with Gasteiger partial charge in [-0.2, -0.15) is 0 Å². The van der Waals surface area contributed by atoms with Gasteiger partial charge in [-0.1, -0.05) is 72.7 Å². The van der Waals surface area contributed by atoms with E-state index in [4.69, 9.17) is 42.6 Å². The Kier molecular flexibility index (Phi) is 13.0. The van der Waals surface area contributed by atoms with Crippen molar-refractivity contribution in [2.75, 3.05) is 19.7 Å². The lowest BCUT2D eigenvalue weighted by Crippen LogP contribution is -2.41. The number of ether oxygens (including phenoxy) is 2. The molecule has 0 saturated carbocycles. The number of unbranched alkanes of at least 4 members (excludes halogenated alkanes) is 1. The van der Waals surface area contributed by atoms with Gasteiger partial charge >= 0.3 is 12.2 Å². The highest BCUT2D eigenvalue weighted by Gasteiger charge is 2.28. The van der Waals surface area contributed by atoms with Gasteiger partial charge < -0.3 is 18.6 Å². The van der Waals surface area contributed by atoms with E-state index in [2.05, 4.69) is 27.9 Å². The van der Waals surface area contributed by atoms with E-state index in [0.29, 0.717) is 79.9 Å². The van der Waals surface area contributed by atoms with Crippen LogP contribution in [0.3, 0.4) is 0 Å². The highest BCUT2D eigenvalue weighted by Crippen LogP contribution is 2.27. The van der Waals surface area contributed by atoms with Crippen LogP contribution in [0.25, 0.3) is 22.1 Å². The van der Waals surface area contributed by atoms with Gasteiger partial charge in [0.15, 0.2) is 0 Å². The van der Waals surface area contributed by atoms with Gasteiger partial charge in [0.25, 0.3) is 0 Å². The van der Waals surface area contributed by atoms with Crippen LogP contribution in [-0.4, -0.2) is 66.4 Å². The van der Waals surface area contributed by atoms with Gasteiger partial charge in [0, 0.05) is 36.2 Å². The molecule has 0 fully saturated rings. The van der Waals surface area contributed by atoms with Crippen molar-refractivity contribution in [2.24, 2.45) is 0 Å². The van der Waals surface area contributed by atoms with E-state index in [9.17, 15) is 18.4 Å². The molecule has 8 rings (SSSR count). The second-order valence-corrected chi connectivity index (χ2v) is 16.6. The van der Waals surface area contributed by atoms with Crippen molar-refractivity contribution in [2.45, 2.75) is 85.2 Å². The molecule has 0 aliphatic carbocycles. The zero-order valence-corrected chi connectivity index (χ0v) is 35.5. The van der Waals surface area contributed by atoms with Crippen LogP contribution in [-0.2, 0) is 48.5 Å². The number of carbonyl (C=O) groups excluding carboxylic acids is 2. The number of benzene rings is 4. The minimum atomic E-state index is -0.529. The summed E-state index contributed by atoms with van der Waals surface area (Å²) in [6, 6.07) is 21.0. The summed E-state index contributed by atoms with van der Waals surface area (Å²) in [6.07, 6.45) is 2.44. The van der Waals surface area contributed by atoms with Gasteiger partial charge in [0.2, 0.25) is 0 Å². The first kappa shape index (κ1) is 42.5. The third kappa shape index (κ3) is 9.86. The molecule has 2 aliphatic rings. The van der Waals surface area contributed by atoms with Gasteiger partial charge in [-0.3, -0.25) is 9.80 Å². The molecule has 0 atom stereocenters. The molecule has 2 amide bonds. The SMILES string of the molecule is CC(C)(C)OC(=O)N1CCn2c(nc3c(CCc4ccc(Cl)cc4F)cccc32)C1.CCCCOC(=O)N1CCn2c(nc3c(C#Cc4ccc(Cl)cc4F)cccc32)C1. The van der Waals surface area contributed by atoms with Gasteiger partial charge in [-0.05, 0) is 99.7 Å². The van der Waals surface area contributed by atoms with Crippen LogP contribution >= 0.6 is 23.2 Å². The minimum absolute atomic E-state index is 0.279. The van der Waals surface area contributed by atoms with E-state index in [1.165, 1.54) is 12.1 Å². The maximum absolute atomic E-state index is 14.1. The molecule has 14 heteroatoms. The van der Waals surface area contributed by atoms with Crippen molar-refractivity contribution in [1.29, 1.82) is 0 Å². The molecule has 4 heterocycles. The van der Waals surface area contributed by atoms with Crippen molar-refractivity contribution >= 4 is 57.5 Å². The molecule has 0 saturated heterocycles. The summed E-state index contributed by atoms with van der Waals surface area (Å²) in [5.74, 6) is 6.78. The number of amides is 2. The fourth-order valence-electron chi connectivity index (χ4n) is 7.18. The Morgan fingerprint density at radius 3 is 1.95 bits per heavy atom. The summed E-state index contributed by atoms with van der Waals surface area (Å²) in [7, 11) is 0. The number of carbonyl (C=O) groups is 2. The molecule has 312 valence electrons. The zero-order chi connectivity index (χ0) is 42.6. The van der Waals surface area contributed by atoms with E-state index in [1.54, 1.807) is 34.1 Å². The molecule has 60 heavy (non-hydrogen) atoms. The number of hydrogen-bond donors (Lipinski definition) is 0. The molecule has 2 aliphatic heterocycles. The normalized spacial score (nSPS) is 13.5. The molecule has 4 aromatic carbocycles. The fourth-order valence-corrected chi connectivity index (χ4v) is 7.50. The number of para-hydroxylation sites is 2. The van der Waals surface area contributed by atoms with Crippen LogP contribution in [0.2, 0.25) is 10.0 Å². The molecular weight excluding hydrogens is 809 g/mol. The number of hydrogen-bond acceptors (Lipinski definition) is 6. The summed E-state index contributed by atoms with van der Waals surface area (Å²) in [5.41, 5.74) is 5.81. The van der Waals surface area contributed by atoms with Crippen LogP contribution in [0.15, 0.2) is 72.8 Å². The number of rotatable bonds is 6. The Morgan fingerprint density at radius 2 is 1.30 bits per heavy atom. The van der Waals surface area contributed by atoms with E-state index in [0.717, 1.165) is 52.1 Å². The summed E-state index contributed by atoms with van der Waals surface area (Å²) in [6.45, 7) is 11.3. The van der Waals surface area contributed by atoms with E-state index in [1.807, 2.05) is 57.2 Å². The van der Waals surface area contributed by atoms with Crippen LogP contribution < -0.4 is 0 Å². The number of fused-ring (bicyclic) bond motifs is 6. The lowest BCUT2D eigenvalue weighted by atomic mass is 10.0. The Balaban J connectivity index is 0.000000181. The quantitative estimate of drug-likeness (QED) is 0.122. The summed E-state index contributed by atoms with van der Waals surface area (Å²) >= 11 is 11.7. The largest absolute Gasteiger partial charge is 0.449 e. The lowest BCUT2D eigenvalue weighted by Gasteiger charge is -2.30. The Hall–Kier alpha value is -5.64. The predicted molar refractivity (Wildman–Crippen MR) is 229 cm³/mol. The Labute approximate surface area is 358 Å². The van der Waals surface area contributed by atoms with Crippen molar-refractivity contribution in [3.63, 3.8) is 0 Å². The molecule has 0 spiro atoms. The van der Waals surface area contributed by atoms with Gasteiger partial charge in [0.1, 0.15) is 34.4 Å². The first-order valence-corrected chi connectivity index (χ1v) is 20.8. The van der Waals surface area contributed by atoms with E-state index < -0.39 is 11.4 Å². The molecule has 6 aromatic rings. The fraction of sp³-hybridized carbons (Fsp3) is 0.348. The van der Waals surface area contributed by atoms with Crippen molar-refractivity contribution < 1.29 is 27.8 Å². The van der Waals surface area contributed by atoms with Crippen LogP contribution in [0, 0.1) is 23.5 Å². The maximum atomic E-state index is 14.1. The predicted octanol–water partition coefficient (Wildman–Crippen LogP) is 10.3. The topological polar surface area (TPSA) is 94.7 Å². The van der Waals surface area contributed by atoms with Crippen molar-refractivity contribution in [3.05, 3.63) is 128 Å². The van der Waals surface area contributed by atoms with Crippen LogP contribution in [0.4, 0.5) is 18.4 Å². The second-order valence-electron chi connectivity index (χ2n) is 15.7. The number of aromatic nitrogens is 4. The first-order valence-electron chi connectivity index (χ1n) is 20.0. The maximum Gasteiger partial charge on any atom is 0.410 e. The van der Waals surface area contributed by atoms with Gasteiger partial charge in [0.05, 0.1) is 47.4 Å². The molecule has 0 bridgehead atoms. The third-order valence-electron chi connectivity index (χ3n) is 10.2. The average molecular weight is 856 g/mol. The minimum Gasteiger partial charge on any atom is -0.449 e. The molecule has 0 radical (unpaired) electrons. The molecule has 10 nitrogen and oxygen atoms in total. The first-order chi connectivity index (χ1) is 28.8. The van der Waals surface area contributed by atoms with E-state index in [-0.39, 0.29) is 23.6 Å². The van der Waals surface area contributed by atoms with Gasteiger partial charge in [-0.15, -0.1) is 0 Å². The smallest absolute Gasteiger partial charge is 0.410 e. The van der Waals surface area contributed by atoms with Gasteiger partial charge in [-0.25, -0.2) is 28.3 Å². The highest BCUT2D eigenvalue weighted by atomic mass is 35.5. The van der Waals surface area contributed by atoms with Crippen LogP contribution in [0.1, 0.15) is 74.4 Å². The van der Waals surface area contributed by atoms with Crippen molar-refractivity contribution in [3.8, 4) is 11.8 Å². The van der Waals surface area contributed by atoms with Crippen LogP contribution in [0.5, 0.6) is 0 Å². The summed E-state index contributed by atoms with van der Waals surface area (Å²) in [4.78, 5) is 37.6. The third-order valence-corrected chi connectivity index (χ3v) is 10.7.